The van der Waals surface area contributed by atoms with Crippen molar-refractivity contribution >= 4 is 35.9 Å². The number of aromatic nitrogens is 2. The van der Waals surface area contributed by atoms with Crippen molar-refractivity contribution < 1.29 is 19.1 Å². The smallest absolute Gasteiger partial charge is 0.305 e. The van der Waals surface area contributed by atoms with Gasteiger partial charge in [-0.15, -0.1) is 12.4 Å². The molecule has 2 aromatic heterocycles. The van der Waals surface area contributed by atoms with Crippen LogP contribution in [0, 0.1) is 13.8 Å². The van der Waals surface area contributed by atoms with E-state index < -0.39 is 0 Å². The summed E-state index contributed by atoms with van der Waals surface area (Å²) in [4.78, 5) is 35.1. The Morgan fingerprint density at radius 3 is 2.55 bits per heavy atom. The number of aliphatic imine (C=N–C) groups is 1. The molecule has 0 amide bonds. The normalized spacial score (nSPS) is 14.1. The number of allylic oxidation sites excluding steroid dienone is 1. The predicted octanol–water partition coefficient (Wildman–Crippen LogP) is 4.67. The number of carbonyl (C=O) groups is 2. The summed E-state index contributed by atoms with van der Waals surface area (Å²) in [6, 6.07) is 3.87. The number of halogens is 1. The number of H-pyrrole nitrogens is 2. The number of unbranched alkanes of at least 4 members (excludes halogenated alkanes) is 1. The topological polar surface area (TPSA) is 96.5 Å². The SMILES string of the molecule is COC(=O)CCCCC(=O)c1c(C)[nH]c(/C=C2\N=C(c3ccc[nH]3)C=C2OC)c1C.Cl. The molecular formula is C23H28ClN3O4. The summed E-state index contributed by atoms with van der Waals surface area (Å²) >= 11 is 0. The molecule has 0 unspecified atom stereocenters. The monoisotopic (exact) mass is 445 g/mol. The van der Waals surface area contributed by atoms with E-state index in [9.17, 15) is 9.59 Å². The Labute approximate surface area is 188 Å². The number of hydrogen-bond donors (Lipinski definition) is 2. The Balaban J connectivity index is 0.00000341. The summed E-state index contributed by atoms with van der Waals surface area (Å²) in [6.07, 6.45) is 7.65. The fourth-order valence-electron chi connectivity index (χ4n) is 3.57. The third kappa shape index (κ3) is 5.55. The highest BCUT2D eigenvalue weighted by atomic mass is 35.5. The van der Waals surface area contributed by atoms with E-state index in [1.165, 1.54) is 7.11 Å². The highest BCUT2D eigenvalue weighted by Crippen LogP contribution is 2.28. The first-order chi connectivity index (χ1) is 14.4. The van der Waals surface area contributed by atoms with Crippen LogP contribution in [-0.4, -0.2) is 41.7 Å². The second-order valence-corrected chi connectivity index (χ2v) is 7.19. The Hall–Kier alpha value is -3.06. The molecule has 0 spiro atoms. The van der Waals surface area contributed by atoms with Crippen molar-refractivity contribution in [3.63, 3.8) is 0 Å². The van der Waals surface area contributed by atoms with Gasteiger partial charge in [0.05, 0.1) is 25.6 Å². The number of aromatic amines is 2. The van der Waals surface area contributed by atoms with Gasteiger partial charge in [0, 0.05) is 42.1 Å². The fraction of sp³-hybridized carbons (Fsp3) is 0.348. The molecule has 8 heteroatoms. The number of methoxy groups -OCH3 is 2. The molecule has 166 valence electrons. The molecule has 0 saturated heterocycles. The maximum absolute atomic E-state index is 12.8. The van der Waals surface area contributed by atoms with Gasteiger partial charge >= 0.3 is 5.97 Å². The number of ketones is 1. The molecular weight excluding hydrogens is 418 g/mol. The van der Waals surface area contributed by atoms with E-state index in [0.29, 0.717) is 42.7 Å². The molecule has 0 aliphatic carbocycles. The lowest BCUT2D eigenvalue weighted by molar-refractivity contribution is -0.140. The first-order valence-corrected chi connectivity index (χ1v) is 9.94. The maximum Gasteiger partial charge on any atom is 0.305 e. The lowest BCUT2D eigenvalue weighted by Crippen LogP contribution is -2.04. The Morgan fingerprint density at radius 2 is 1.90 bits per heavy atom. The molecule has 0 aromatic carbocycles. The minimum Gasteiger partial charge on any atom is -0.494 e. The average molecular weight is 446 g/mol. The molecule has 2 aromatic rings. The summed E-state index contributed by atoms with van der Waals surface area (Å²) in [5.41, 5.74) is 5.66. The summed E-state index contributed by atoms with van der Waals surface area (Å²) in [7, 11) is 2.98. The standard InChI is InChI=1S/C23H27N3O4.ClH/c1-14-17(12-19-21(29-3)13-18(26-19)16-8-7-11-24-16)25-15(2)23(14)20(27)9-5-6-10-22(28)30-4;/h7-8,11-13,24-25H,5-6,9-10H2,1-4H3;1H/b19-12-;. The minimum atomic E-state index is -0.247. The zero-order valence-corrected chi connectivity index (χ0v) is 19.0. The van der Waals surface area contributed by atoms with Crippen LogP contribution in [0.3, 0.4) is 0 Å². The third-order valence-corrected chi connectivity index (χ3v) is 5.15. The van der Waals surface area contributed by atoms with E-state index in [2.05, 4.69) is 19.7 Å². The number of nitrogens with one attached hydrogen (secondary N) is 2. The van der Waals surface area contributed by atoms with E-state index in [1.807, 2.05) is 44.3 Å². The molecule has 1 aliphatic heterocycles. The van der Waals surface area contributed by atoms with Crippen LogP contribution < -0.4 is 0 Å². The highest BCUT2D eigenvalue weighted by Gasteiger charge is 2.21. The van der Waals surface area contributed by atoms with Crippen LogP contribution in [0.4, 0.5) is 0 Å². The average Bonchev–Trinajstić information content (AvgIpc) is 3.45. The van der Waals surface area contributed by atoms with Crippen molar-refractivity contribution in [3.05, 3.63) is 64.1 Å². The summed E-state index contributed by atoms with van der Waals surface area (Å²) in [5.74, 6) is 0.491. The Kier molecular flexibility index (Phi) is 8.45. The number of aryl methyl sites for hydroxylation is 1. The number of esters is 1. The molecule has 3 heterocycles. The number of nitrogens with zero attached hydrogens (tertiary/aromatic N) is 1. The van der Waals surface area contributed by atoms with Gasteiger partial charge in [-0.1, -0.05) is 0 Å². The van der Waals surface area contributed by atoms with Crippen molar-refractivity contribution in [1.82, 2.24) is 9.97 Å². The number of carbonyl (C=O) groups excluding carboxylic acids is 2. The lowest BCUT2D eigenvalue weighted by Gasteiger charge is -2.03. The van der Waals surface area contributed by atoms with Gasteiger partial charge in [0.1, 0.15) is 11.5 Å². The van der Waals surface area contributed by atoms with Crippen LogP contribution in [0.25, 0.3) is 6.08 Å². The second-order valence-electron chi connectivity index (χ2n) is 7.19. The van der Waals surface area contributed by atoms with Gasteiger partial charge in [-0.3, -0.25) is 9.59 Å². The van der Waals surface area contributed by atoms with Gasteiger partial charge in [-0.2, -0.15) is 0 Å². The number of Topliss-reactive ketones (excluding diaryl/α,β-unsaturated/α-hetero) is 1. The molecule has 0 atom stereocenters. The number of rotatable bonds is 9. The van der Waals surface area contributed by atoms with Crippen molar-refractivity contribution in [2.24, 2.45) is 4.99 Å². The summed E-state index contributed by atoms with van der Waals surface area (Å²) in [6.45, 7) is 3.82. The van der Waals surface area contributed by atoms with Gasteiger partial charge in [-0.25, -0.2) is 4.99 Å². The molecule has 0 radical (unpaired) electrons. The van der Waals surface area contributed by atoms with Gasteiger partial charge in [-0.05, 0) is 50.5 Å². The maximum atomic E-state index is 12.8. The van der Waals surface area contributed by atoms with Gasteiger partial charge < -0.3 is 19.4 Å². The minimum absolute atomic E-state index is 0. The van der Waals surface area contributed by atoms with E-state index in [4.69, 9.17) is 4.74 Å². The molecule has 0 bridgehead atoms. The van der Waals surface area contributed by atoms with Gasteiger partial charge in [0.25, 0.3) is 0 Å². The number of ether oxygens (including phenoxy) is 2. The van der Waals surface area contributed by atoms with Crippen LogP contribution in [0.15, 0.2) is 40.9 Å². The Morgan fingerprint density at radius 1 is 1.16 bits per heavy atom. The zero-order valence-electron chi connectivity index (χ0n) is 18.2. The van der Waals surface area contributed by atoms with Crippen molar-refractivity contribution in [2.75, 3.05) is 14.2 Å². The molecule has 0 saturated carbocycles. The van der Waals surface area contributed by atoms with Crippen LogP contribution in [0.5, 0.6) is 0 Å². The zero-order chi connectivity index (χ0) is 21.7. The molecule has 1 aliphatic rings. The molecule has 0 fully saturated rings. The van der Waals surface area contributed by atoms with Crippen LogP contribution >= 0.6 is 12.4 Å². The number of hydrogen-bond acceptors (Lipinski definition) is 5. The van der Waals surface area contributed by atoms with E-state index in [-0.39, 0.29) is 24.2 Å². The fourth-order valence-corrected chi connectivity index (χ4v) is 3.57. The first kappa shape index (κ1) is 24.2. The molecule has 2 N–H and O–H groups in total. The first-order valence-electron chi connectivity index (χ1n) is 9.94. The van der Waals surface area contributed by atoms with Crippen LogP contribution in [0.2, 0.25) is 0 Å². The van der Waals surface area contributed by atoms with Crippen molar-refractivity contribution in [1.29, 1.82) is 0 Å². The van der Waals surface area contributed by atoms with E-state index >= 15 is 0 Å². The van der Waals surface area contributed by atoms with Crippen molar-refractivity contribution in [2.45, 2.75) is 39.5 Å². The molecule has 3 rings (SSSR count). The largest absolute Gasteiger partial charge is 0.494 e. The molecule has 31 heavy (non-hydrogen) atoms. The predicted molar refractivity (Wildman–Crippen MR) is 123 cm³/mol. The highest BCUT2D eigenvalue weighted by molar-refractivity contribution is 6.11. The van der Waals surface area contributed by atoms with E-state index in [1.54, 1.807) is 7.11 Å². The van der Waals surface area contributed by atoms with Crippen LogP contribution in [0.1, 0.15) is 58.7 Å². The Bertz CT molecular complexity index is 1030. The quantitative estimate of drug-likeness (QED) is 0.333. The lowest BCUT2D eigenvalue weighted by atomic mass is 10.0. The van der Waals surface area contributed by atoms with Crippen LogP contribution in [-0.2, 0) is 14.3 Å². The van der Waals surface area contributed by atoms with Crippen molar-refractivity contribution in [3.8, 4) is 0 Å². The van der Waals surface area contributed by atoms with Gasteiger partial charge in [0.15, 0.2) is 5.78 Å². The third-order valence-electron chi connectivity index (χ3n) is 5.15. The second kappa shape index (κ2) is 10.8. The summed E-state index contributed by atoms with van der Waals surface area (Å²) in [5, 5.41) is 0. The molecule has 7 nitrogen and oxygen atoms in total. The van der Waals surface area contributed by atoms with Gasteiger partial charge in [0.2, 0.25) is 0 Å². The van der Waals surface area contributed by atoms with E-state index in [0.717, 1.165) is 28.4 Å². The summed E-state index contributed by atoms with van der Waals surface area (Å²) < 4.78 is 10.1.